The standard InChI is InChI=1S/C11H20N2O3/c1-2-3-6-16-11(15)8-12-7-10(14)13-9-4-5-9/h9,12H,2-8H2,1H3,(H,13,14). The highest BCUT2D eigenvalue weighted by Crippen LogP contribution is 2.17. The molecule has 5 nitrogen and oxygen atoms in total. The summed E-state index contributed by atoms with van der Waals surface area (Å²) < 4.78 is 4.92. The van der Waals surface area contributed by atoms with E-state index in [1.165, 1.54) is 0 Å². The molecule has 0 radical (unpaired) electrons. The second-order valence-corrected chi connectivity index (χ2v) is 4.02. The summed E-state index contributed by atoms with van der Waals surface area (Å²) in [7, 11) is 0. The Morgan fingerprint density at radius 1 is 1.31 bits per heavy atom. The van der Waals surface area contributed by atoms with Crippen molar-refractivity contribution in [3.8, 4) is 0 Å². The average Bonchev–Trinajstić information content (AvgIpc) is 3.02. The van der Waals surface area contributed by atoms with Crippen LogP contribution in [0.25, 0.3) is 0 Å². The number of unbranched alkanes of at least 4 members (excludes halogenated alkanes) is 1. The Kier molecular flexibility index (Phi) is 5.85. The van der Waals surface area contributed by atoms with E-state index in [0.29, 0.717) is 12.6 Å². The Balaban J connectivity index is 1.92. The van der Waals surface area contributed by atoms with Gasteiger partial charge in [-0.25, -0.2) is 0 Å². The van der Waals surface area contributed by atoms with E-state index in [0.717, 1.165) is 25.7 Å². The Bertz CT molecular complexity index is 239. The van der Waals surface area contributed by atoms with Crippen LogP contribution >= 0.6 is 0 Å². The maximum Gasteiger partial charge on any atom is 0.319 e. The van der Waals surface area contributed by atoms with Crippen molar-refractivity contribution in [2.45, 2.75) is 38.6 Å². The molecule has 1 aliphatic carbocycles. The molecule has 5 heteroatoms. The number of nitrogens with one attached hydrogen (secondary N) is 2. The summed E-state index contributed by atoms with van der Waals surface area (Å²) in [5.41, 5.74) is 0. The smallest absolute Gasteiger partial charge is 0.319 e. The maximum absolute atomic E-state index is 11.2. The molecule has 0 unspecified atom stereocenters. The first kappa shape index (κ1) is 13.0. The van der Waals surface area contributed by atoms with E-state index < -0.39 is 0 Å². The Morgan fingerprint density at radius 3 is 2.69 bits per heavy atom. The molecule has 1 aliphatic rings. The summed E-state index contributed by atoms with van der Waals surface area (Å²) >= 11 is 0. The monoisotopic (exact) mass is 228 g/mol. The number of rotatable bonds is 8. The molecular formula is C11H20N2O3. The van der Waals surface area contributed by atoms with E-state index in [4.69, 9.17) is 4.74 Å². The number of hydrogen-bond donors (Lipinski definition) is 2. The van der Waals surface area contributed by atoms with Gasteiger partial charge in [0, 0.05) is 6.04 Å². The van der Waals surface area contributed by atoms with Gasteiger partial charge in [0.25, 0.3) is 0 Å². The largest absolute Gasteiger partial charge is 0.465 e. The van der Waals surface area contributed by atoms with Gasteiger partial charge in [-0.3, -0.25) is 14.9 Å². The molecule has 16 heavy (non-hydrogen) atoms. The van der Waals surface area contributed by atoms with Gasteiger partial charge < -0.3 is 10.1 Å². The van der Waals surface area contributed by atoms with Crippen LogP contribution in [0.3, 0.4) is 0 Å². The fourth-order valence-corrected chi connectivity index (χ4v) is 1.17. The van der Waals surface area contributed by atoms with Crippen molar-refractivity contribution in [2.24, 2.45) is 0 Å². The highest BCUT2D eigenvalue weighted by molar-refractivity contribution is 5.79. The lowest BCUT2D eigenvalue weighted by molar-refractivity contribution is -0.142. The summed E-state index contributed by atoms with van der Waals surface area (Å²) in [4.78, 5) is 22.3. The van der Waals surface area contributed by atoms with Gasteiger partial charge in [0.2, 0.25) is 5.91 Å². The van der Waals surface area contributed by atoms with Crippen molar-refractivity contribution in [3.63, 3.8) is 0 Å². The van der Waals surface area contributed by atoms with Gasteiger partial charge in [-0.05, 0) is 19.3 Å². The zero-order valence-electron chi connectivity index (χ0n) is 9.75. The molecule has 0 aromatic rings. The number of carbonyl (C=O) groups is 2. The van der Waals surface area contributed by atoms with Crippen molar-refractivity contribution in [1.29, 1.82) is 0 Å². The first-order valence-electron chi connectivity index (χ1n) is 5.88. The molecule has 0 atom stereocenters. The fraction of sp³-hybridized carbons (Fsp3) is 0.818. The quantitative estimate of drug-likeness (QED) is 0.460. The van der Waals surface area contributed by atoms with E-state index in [9.17, 15) is 9.59 Å². The highest BCUT2D eigenvalue weighted by Gasteiger charge is 2.22. The van der Waals surface area contributed by atoms with Crippen molar-refractivity contribution >= 4 is 11.9 Å². The number of esters is 1. The topological polar surface area (TPSA) is 67.4 Å². The predicted octanol–water partition coefficient (Wildman–Crippen LogP) is 0.198. The van der Waals surface area contributed by atoms with Crippen LogP contribution in [0.5, 0.6) is 0 Å². The molecule has 2 N–H and O–H groups in total. The summed E-state index contributed by atoms with van der Waals surface area (Å²) in [6.07, 6.45) is 4.04. The van der Waals surface area contributed by atoms with Crippen LogP contribution < -0.4 is 10.6 Å². The first-order valence-corrected chi connectivity index (χ1v) is 5.88. The molecule has 0 bridgehead atoms. The second kappa shape index (κ2) is 7.22. The minimum absolute atomic E-state index is 0.0520. The van der Waals surface area contributed by atoms with Crippen LogP contribution in [0.4, 0.5) is 0 Å². The molecule has 0 spiro atoms. The van der Waals surface area contributed by atoms with E-state index >= 15 is 0 Å². The normalized spacial score (nSPS) is 14.6. The third-order valence-corrected chi connectivity index (χ3v) is 2.26. The van der Waals surface area contributed by atoms with E-state index in [2.05, 4.69) is 10.6 Å². The lowest BCUT2D eigenvalue weighted by atomic mass is 10.4. The molecule has 1 saturated carbocycles. The molecule has 0 aromatic carbocycles. The summed E-state index contributed by atoms with van der Waals surface area (Å²) in [5, 5.41) is 5.58. The van der Waals surface area contributed by atoms with Gasteiger partial charge in [-0.2, -0.15) is 0 Å². The molecule has 1 amide bonds. The SMILES string of the molecule is CCCCOC(=O)CNCC(=O)NC1CC1. The van der Waals surface area contributed by atoms with Crippen molar-refractivity contribution in [2.75, 3.05) is 19.7 Å². The molecule has 0 aliphatic heterocycles. The van der Waals surface area contributed by atoms with Crippen LogP contribution in [0.1, 0.15) is 32.6 Å². The molecule has 1 fully saturated rings. The molecule has 0 aromatic heterocycles. The first-order chi connectivity index (χ1) is 7.72. The van der Waals surface area contributed by atoms with Crippen molar-refractivity contribution in [3.05, 3.63) is 0 Å². The lowest BCUT2D eigenvalue weighted by Gasteiger charge is -2.06. The van der Waals surface area contributed by atoms with Gasteiger partial charge in [0.15, 0.2) is 0 Å². The van der Waals surface area contributed by atoms with Gasteiger partial charge >= 0.3 is 5.97 Å². The van der Waals surface area contributed by atoms with Crippen LogP contribution in [-0.2, 0) is 14.3 Å². The van der Waals surface area contributed by atoms with Crippen LogP contribution in [0, 0.1) is 0 Å². The Labute approximate surface area is 95.9 Å². The number of carbonyl (C=O) groups excluding carboxylic acids is 2. The summed E-state index contributed by atoms with van der Waals surface area (Å²) in [6.45, 7) is 2.78. The maximum atomic E-state index is 11.2. The molecule has 0 heterocycles. The van der Waals surface area contributed by atoms with E-state index in [1.54, 1.807) is 0 Å². The van der Waals surface area contributed by atoms with Crippen molar-refractivity contribution < 1.29 is 14.3 Å². The van der Waals surface area contributed by atoms with Crippen LogP contribution in [-0.4, -0.2) is 37.6 Å². The summed E-state index contributed by atoms with van der Waals surface area (Å²) in [5.74, 6) is -0.350. The zero-order valence-corrected chi connectivity index (χ0v) is 9.75. The van der Waals surface area contributed by atoms with Crippen LogP contribution in [0.2, 0.25) is 0 Å². The average molecular weight is 228 g/mol. The molecule has 92 valence electrons. The molecule has 0 saturated heterocycles. The van der Waals surface area contributed by atoms with Gasteiger partial charge in [-0.15, -0.1) is 0 Å². The number of amides is 1. The zero-order chi connectivity index (χ0) is 11.8. The van der Waals surface area contributed by atoms with E-state index in [1.807, 2.05) is 6.92 Å². The molecule has 1 rings (SSSR count). The Hall–Kier alpha value is -1.10. The fourth-order valence-electron chi connectivity index (χ4n) is 1.17. The summed E-state index contributed by atoms with van der Waals surface area (Å²) in [6, 6.07) is 0.366. The highest BCUT2D eigenvalue weighted by atomic mass is 16.5. The van der Waals surface area contributed by atoms with Crippen LogP contribution in [0.15, 0.2) is 0 Å². The molecular weight excluding hydrogens is 208 g/mol. The van der Waals surface area contributed by atoms with Gasteiger partial charge in [0.05, 0.1) is 19.7 Å². The van der Waals surface area contributed by atoms with Gasteiger partial charge in [0.1, 0.15) is 0 Å². The predicted molar refractivity (Wildman–Crippen MR) is 59.9 cm³/mol. The second-order valence-electron chi connectivity index (χ2n) is 4.02. The minimum atomic E-state index is -0.298. The lowest BCUT2D eigenvalue weighted by Crippen LogP contribution is -2.37. The number of hydrogen-bond acceptors (Lipinski definition) is 4. The Morgan fingerprint density at radius 2 is 2.06 bits per heavy atom. The van der Waals surface area contributed by atoms with E-state index in [-0.39, 0.29) is 25.0 Å². The van der Waals surface area contributed by atoms with Gasteiger partial charge in [-0.1, -0.05) is 13.3 Å². The van der Waals surface area contributed by atoms with Crippen molar-refractivity contribution in [1.82, 2.24) is 10.6 Å². The minimum Gasteiger partial charge on any atom is -0.465 e. The number of ether oxygens (including phenoxy) is 1. The third kappa shape index (κ3) is 6.40. The third-order valence-electron chi connectivity index (χ3n) is 2.26.